The largest absolute Gasteiger partial charge is 0.309 e. The molecule has 0 bridgehead atoms. The Balaban J connectivity index is 2.18. The molecular formula is C16H17ClN2OS. The predicted molar refractivity (Wildman–Crippen MR) is 88.4 cm³/mol. The number of ketones is 1. The van der Waals surface area contributed by atoms with Gasteiger partial charge in [-0.25, -0.2) is 4.98 Å². The molecule has 2 aromatic rings. The molecule has 21 heavy (non-hydrogen) atoms. The summed E-state index contributed by atoms with van der Waals surface area (Å²) in [6, 6.07) is 10.5. The summed E-state index contributed by atoms with van der Waals surface area (Å²) in [5.74, 6) is 0.873. The van der Waals surface area contributed by atoms with Crippen molar-refractivity contribution in [3.05, 3.63) is 58.7 Å². The molecule has 0 aliphatic heterocycles. The van der Waals surface area contributed by atoms with E-state index in [1.807, 2.05) is 20.2 Å². The predicted octanol–water partition coefficient (Wildman–Crippen LogP) is 3.62. The van der Waals surface area contributed by atoms with Gasteiger partial charge >= 0.3 is 0 Å². The number of aromatic nitrogens is 1. The molecule has 2 rings (SSSR count). The molecular weight excluding hydrogens is 304 g/mol. The molecule has 0 aliphatic carbocycles. The van der Waals surface area contributed by atoms with Gasteiger partial charge in [0.25, 0.3) is 0 Å². The Morgan fingerprint density at radius 3 is 2.62 bits per heavy atom. The highest BCUT2D eigenvalue weighted by Crippen LogP contribution is 2.23. The first-order valence-electron chi connectivity index (χ1n) is 6.61. The van der Waals surface area contributed by atoms with Crippen molar-refractivity contribution >= 4 is 29.1 Å². The molecule has 1 aromatic heterocycles. The second-order valence-electron chi connectivity index (χ2n) is 4.84. The number of thioether (sulfide) groups is 1. The van der Waals surface area contributed by atoms with Crippen LogP contribution in [0.4, 0.5) is 0 Å². The van der Waals surface area contributed by atoms with Gasteiger partial charge in [0.2, 0.25) is 0 Å². The lowest BCUT2D eigenvalue weighted by Crippen LogP contribution is -2.15. The monoisotopic (exact) mass is 320 g/mol. The number of rotatable bonds is 6. The SMILES string of the molecule is CN(C)CCSc1ncccc1C(=O)c1ccc(Cl)cc1. The molecule has 0 saturated heterocycles. The van der Waals surface area contributed by atoms with Gasteiger partial charge in [0.05, 0.1) is 5.56 Å². The lowest BCUT2D eigenvalue weighted by atomic mass is 10.1. The van der Waals surface area contributed by atoms with E-state index in [0.717, 1.165) is 17.3 Å². The lowest BCUT2D eigenvalue weighted by molar-refractivity contribution is 0.103. The molecule has 0 aliphatic rings. The van der Waals surface area contributed by atoms with Crippen molar-refractivity contribution in [3.63, 3.8) is 0 Å². The maximum Gasteiger partial charge on any atom is 0.195 e. The zero-order chi connectivity index (χ0) is 15.2. The number of hydrogen-bond donors (Lipinski definition) is 0. The molecule has 110 valence electrons. The van der Waals surface area contributed by atoms with Crippen molar-refractivity contribution in [3.8, 4) is 0 Å². The fraction of sp³-hybridized carbons (Fsp3) is 0.250. The van der Waals surface area contributed by atoms with Crippen LogP contribution < -0.4 is 0 Å². The van der Waals surface area contributed by atoms with Gasteiger partial charge in [-0.2, -0.15) is 0 Å². The third-order valence-corrected chi connectivity index (χ3v) is 4.14. The van der Waals surface area contributed by atoms with Crippen LogP contribution in [0.5, 0.6) is 0 Å². The maximum atomic E-state index is 12.6. The molecule has 0 amide bonds. The number of pyridine rings is 1. The highest BCUT2D eigenvalue weighted by atomic mass is 35.5. The number of hydrogen-bond acceptors (Lipinski definition) is 4. The van der Waals surface area contributed by atoms with Crippen LogP contribution in [-0.4, -0.2) is 42.1 Å². The van der Waals surface area contributed by atoms with E-state index in [9.17, 15) is 4.79 Å². The maximum absolute atomic E-state index is 12.6. The van der Waals surface area contributed by atoms with Crippen molar-refractivity contribution in [2.75, 3.05) is 26.4 Å². The van der Waals surface area contributed by atoms with Crippen LogP contribution in [0, 0.1) is 0 Å². The van der Waals surface area contributed by atoms with E-state index in [1.165, 1.54) is 0 Å². The molecule has 1 aromatic carbocycles. The normalized spacial score (nSPS) is 10.9. The van der Waals surface area contributed by atoms with E-state index in [4.69, 9.17) is 11.6 Å². The van der Waals surface area contributed by atoms with Crippen molar-refractivity contribution in [1.82, 2.24) is 9.88 Å². The zero-order valence-electron chi connectivity index (χ0n) is 12.0. The van der Waals surface area contributed by atoms with E-state index in [-0.39, 0.29) is 5.78 Å². The Hall–Kier alpha value is -1.36. The fourth-order valence-corrected chi connectivity index (χ4v) is 2.99. The van der Waals surface area contributed by atoms with Crippen LogP contribution in [0.2, 0.25) is 5.02 Å². The van der Waals surface area contributed by atoms with E-state index in [1.54, 1.807) is 48.3 Å². The number of halogens is 1. The Morgan fingerprint density at radius 2 is 1.95 bits per heavy atom. The van der Waals surface area contributed by atoms with Crippen LogP contribution in [0.1, 0.15) is 15.9 Å². The second-order valence-corrected chi connectivity index (χ2v) is 6.36. The van der Waals surface area contributed by atoms with Gasteiger partial charge in [0.15, 0.2) is 5.78 Å². The first-order valence-corrected chi connectivity index (χ1v) is 7.97. The van der Waals surface area contributed by atoms with Crippen molar-refractivity contribution in [2.45, 2.75) is 5.03 Å². The summed E-state index contributed by atoms with van der Waals surface area (Å²) in [6.07, 6.45) is 1.72. The van der Waals surface area contributed by atoms with Crippen LogP contribution >= 0.6 is 23.4 Å². The van der Waals surface area contributed by atoms with Crippen molar-refractivity contribution in [2.24, 2.45) is 0 Å². The number of carbonyl (C=O) groups excluding carboxylic acids is 1. The van der Waals surface area contributed by atoms with Crippen LogP contribution in [-0.2, 0) is 0 Å². The molecule has 0 radical (unpaired) electrons. The molecule has 0 saturated carbocycles. The fourth-order valence-electron chi connectivity index (χ4n) is 1.76. The van der Waals surface area contributed by atoms with Gasteiger partial charge in [-0.1, -0.05) is 11.6 Å². The summed E-state index contributed by atoms with van der Waals surface area (Å²) in [6.45, 7) is 0.940. The molecule has 5 heteroatoms. The van der Waals surface area contributed by atoms with Crippen LogP contribution in [0.3, 0.4) is 0 Å². The van der Waals surface area contributed by atoms with Crippen LogP contribution in [0.25, 0.3) is 0 Å². The second kappa shape index (κ2) is 7.59. The highest BCUT2D eigenvalue weighted by molar-refractivity contribution is 7.99. The minimum Gasteiger partial charge on any atom is -0.309 e. The van der Waals surface area contributed by atoms with E-state index in [0.29, 0.717) is 16.1 Å². The van der Waals surface area contributed by atoms with Gasteiger partial charge < -0.3 is 4.90 Å². The average molecular weight is 321 g/mol. The number of nitrogens with zero attached hydrogens (tertiary/aromatic N) is 2. The average Bonchev–Trinajstić information content (AvgIpc) is 2.47. The smallest absolute Gasteiger partial charge is 0.195 e. The highest BCUT2D eigenvalue weighted by Gasteiger charge is 2.14. The Bertz CT molecular complexity index is 614. The zero-order valence-corrected chi connectivity index (χ0v) is 13.6. The lowest BCUT2D eigenvalue weighted by Gasteiger charge is -2.10. The topological polar surface area (TPSA) is 33.2 Å². The summed E-state index contributed by atoms with van der Waals surface area (Å²) in [7, 11) is 4.05. The standard InChI is InChI=1S/C16H17ClN2OS/c1-19(2)10-11-21-16-14(4-3-9-18-16)15(20)12-5-7-13(17)8-6-12/h3-9H,10-11H2,1-2H3. The summed E-state index contributed by atoms with van der Waals surface area (Å²) >= 11 is 7.46. The molecule has 3 nitrogen and oxygen atoms in total. The quantitative estimate of drug-likeness (QED) is 0.601. The third kappa shape index (κ3) is 4.56. The Morgan fingerprint density at radius 1 is 1.24 bits per heavy atom. The summed E-state index contributed by atoms with van der Waals surface area (Å²) in [5.41, 5.74) is 1.27. The molecule has 0 atom stereocenters. The Kier molecular flexibility index (Phi) is 5.79. The number of carbonyl (C=O) groups is 1. The molecule has 0 fully saturated rings. The molecule has 0 N–H and O–H groups in total. The van der Waals surface area contributed by atoms with Gasteiger partial charge in [-0.15, -0.1) is 11.8 Å². The van der Waals surface area contributed by atoms with E-state index < -0.39 is 0 Å². The minimum absolute atomic E-state index is 0.0212. The van der Waals surface area contributed by atoms with E-state index >= 15 is 0 Å². The number of benzene rings is 1. The first kappa shape index (κ1) is 16.0. The Labute approximate surface area is 134 Å². The van der Waals surface area contributed by atoms with Gasteiger partial charge in [-0.3, -0.25) is 4.79 Å². The molecule has 0 unspecified atom stereocenters. The first-order chi connectivity index (χ1) is 10.1. The van der Waals surface area contributed by atoms with Gasteiger partial charge in [-0.05, 0) is 50.5 Å². The third-order valence-electron chi connectivity index (χ3n) is 2.90. The van der Waals surface area contributed by atoms with Crippen molar-refractivity contribution < 1.29 is 4.79 Å². The minimum atomic E-state index is -0.0212. The van der Waals surface area contributed by atoms with Gasteiger partial charge in [0.1, 0.15) is 5.03 Å². The summed E-state index contributed by atoms with van der Waals surface area (Å²) in [5, 5.41) is 1.40. The summed E-state index contributed by atoms with van der Waals surface area (Å²) < 4.78 is 0. The van der Waals surface area contributed by atoms with Crippen LogP contribution in [0.15, 0.2) is 47.6 Å². The molecule has 1 heterocycles. The summed E-state index contributed by atoms with van der Waals surface area (Å²) in [4.78, 5) is 19.0. The molecule has 0 spiro atoms. The van der Waals surface area contributed by atoms with Gasteiger partial charge in [0, 0.05) is 29.1 Å². The van der Waals surface area contributed by atoms with Crippen molar-refractivity contribution in [1.29, 1.82) is 0 Å². The van der Waals surface area contributed by atoms with E-state index in [2.05, 4.69) is 9.88 Å².